The topological polar surface area (TPSA) is 69.2 Å². The van der Waals surface area contributed by atoms with E-state index >= 15 is 0 Å². The smallest absolute Gasteiger partial charge is 0.324 e. The molecule has 1 N–H and O–H groups in total. The molecule has 0 spiro atoms. The van der Waals surface area contributed by atoms with Crippen LogP contribution in [-0.4, -0.2) is 41.6 Å². The van der Waals surface area contributed by atoms with E-state index in [0.29, 0.717) is 17.7 Å². The first-order valence-electron chi connectivity index (χ1n) is 5.83. The number of alkyl halides is 1. The molecule has 102 valence electrons. The fraction of sp³-hybridized carbons (Fsp3) is 0.727. The number of aromatic nitrogens is 3. The normalized spacial score (nSPS) is 12.0. The van der Waals surface area contributed by atoms with Crippen molar-refractivity contribution in [2.45, 2.75) is 19.8 Å². The SMILES string of the molecule is COc1nc(NCCCC(C)CCl)nc(OC)n1. The Balaban J connectivity index is 2.46. The zero-order valence-corrected chi connectivity index (χ0v) is 11.7. The van der Waals surface area contributed by atoms with Gasteiger partial charge in [0.1, 0.15) is 0 Å². The number of hydrogen-bond donors (Lipinski definition) is 1. The molecule has 0 radical (unpaired) electrons. The van der Waals surface area contributed by atoms with Crippen molar-refractivity contribution in [1.29, 1.82) is 0 Å². The average molecular weight is 275 g/mol. The molecule has 1 unspecified atom stereocenters. The van der Waals surface area contributed by atoms with Crippen LogP contribution in [0.15, 0.2) is 0 Å². The van der Waals surface area contributed by atoms with Crippen LogP contribution in [-0.2, 0) is 0 Å². The quantitative estimate of drug-likeness (QED) is 0.577. The molecule has 0 aliphatic carbocycles. The van der Waals surface area contributed by atoms with Crippen LogP contribution in [0.25, 0.3) is 0 Å². The maximum atomic E-state index is 5.74. The van der Waals surface area contributed by atoms with Gasteiger partial charge in [0.2, 0.25) is 5.95 Å². The second kappa shape index (κ2) is 7.92. The molecule has 0 aliphatic rings. The van der Waals surface area contributed by atoms with Crippen molar-refractivity contribution in [3.8, 4) is 12.0 Å². The number of methoxy groups -OCH3 is 2. The number of nitrogens with zero attached hydrogens (tertiary/aromatic N) is 3. The first kappa shape index (κ1) is 14.8. The van der Waals surface area contributed by atoms with Crippen molar-refractivity contribution in [3.05, 3.63) is 0 Å². The molecule has 1 rings (SSSR count). The lowest BCUT2D eigenvalue weighted by Crippen LogP contribution is -2.09. The first-order chi connectivity index (χ1) is 8.69. The Kier molecular flexibility index (Phi) is 6.49. The summed E-state index contributed by atoms with van der Waals surface area (Å²) in [5, 5.41) is 3.11. The van der Waals surface area contributed by atoms with Crippen LogP contribution >= 0.6 is 11.6 Å². The van der Waals surface area contributed by atoms with Crippen molar-refractivity contribution in [3.63, 3.8) is 0 Å². The van der Waals surface area contributed by atoms with Crippen molar-refractivity contribution in [1.82, 2.24) is 15.0 Å². The van der Waals surface area contributed by atoms with Crippen LogP contribution in [0.3, 0.4) is 0 Å². The van der Waals surface area contributed by atoms with Gasteiger partial charge in [-0.25, -0.2) is 0 Å². The standard InChI is InChI=1S/C11H19ClN4O2/c1-8(7-12)5-4-6-13-9-14-10(17-2)16-11(15-9)18-3/h8H,4-7H2,1-3H3,(H,13,14,15,16). The van der Waals surface area contributed by atoms with E-state index in [9.17, 15) is 0 Å². The van der Waals surface area contributed by atoms with E-state index in [1.54, 1.807) is 0 Å². The highest BCUT2D eigenvalue weighted by Gasteiger charge is 2.06. The highest BCUT2D eigenvalue weighted by Crippen LogP contribution is 2.12. The molecule has 6 nitrogen and oxygen atoms in total. The molecular formula is C11H19ClN4O2. The number of hydrogen-bond acceptors (Lipinski definition) is 6. The summed E-state index contributed by atoms with van der Waals surface area (Å²) in [7, 11) is 3.00. The molecule has 0 saturated heterocycles. The lowest BCUT2D eigenvalue weighted by atomic mass is 10.1. The highest BCUT2D eigenvalue weighted by atomic mass is 35.5. The van der Waals surface area contributed by atoms with E-state index in [-0.39, 0.29) is 12.0 Å². The summed E-state index contributed by atoms with van der Waals surface area (Å²) in [6.07, 6.45) is 2.07. The number of rotatable bonds is 8. The van der Waals surface area contributed by atoms with Gasteiger partial charge in [-0.2, -0.15) is 9.97 Å². The van der Waals surface area contributed by atoms with E-state index in [0.717, 1.165) is 19.4 Å². The van der Waals surface area contributed by atoms with Crippen molar-refractivity contribution in [2.24, 2.45) is 5.92 Å². The third-order valence-corrected chi connectivity index (χ3v) is 2.91. The Morgan fingerprint density at radius 2 is 1.78 bits per heavy atom. The van der Waals surface area contributed by atoms with Crippen molar-refractivity contribution >= 4 is 17.5 Å². The summed E-state index contributed by atoms with van der Waals surface area (Å²) in [6.45, 7) is 2.90. The summed E-state index contributed by atoms with van der Waals surface area (Å²) in [5.74, 6) is 1.67. The van der Waals surface area contributed by atoms with Gasteiger partial charge in [-0.1, -0.05) is 6.92 Å². The van der Waals surface area contributed by atoms with Gasteiger partial charge in [-0.05, 0) is 18.8 Å². The van der Waals surface area contributed by atoms with E-state index in [4.69, 9.17) is 21.1 Å². The Bertz CT molecular complexity index is 343. The predicted octanol–water partition coefficient (Wildman–Crippen LogP) is 1.96. The van der Waals surface area contributed by atoms with E-state index in [2.05, 4.69) is 27.2 Å². The number of halogens is 1. The second-order valence-electron chi connectivity index (χ2n) is 3.96. The predicted molar refractivity (Wildman–Crippen MR) is 70.5 cm³/mol. The fourth-order valence-electron chi connectivity index (χ4n) is 1.33. The molecule has 7 heteroatoms. The summed E-state index contributed by atoms with van der Waals surface area (Å²) < 4.78 is 9.92. The molecular weight excluding hydrogens is 256 g/mol. The van der Waals surface area contributed by atoms with Gasteiger partial charge in [0.25, 0.3) is 0 Å². The van der Waals surface area contributed by atoms with Gasteiger partial charge in [0.05, 0.1) is 14.2 Å². The minimum Gasteiger partial charge on any atom is -0.467 e. The van der Waals surface area contributed by atoms with Crippen LogP contribution in [0.2, 0.25) is 0 Å². The van der Waals surface area contributed by atoms with E-state index < -0.39 is 0 Å². The minimum absolute atomic E-state index is 0.235. The maximum Gasteiger partial charge on any atom is 0.324 e. The Morgan fingerprint density at radius 1 is 1.17 bits per heavy atom. The molecule has 1 atom stereocenters. The molecule has 18 heavy (non-hydrogen) atoms. The summed E-state index contributed by atoms with van der Waals surface area (Å²) in [6, 6.07) is 0.469. The van der Waals surface area contributed by atoms with E-state index in [1.165, 1.54) is 14.2 Å². The monoisotopic (exact) mass is 274 g/mol. The van der Waals surface area contributed by atoms with Gasteiger partial charge < -0.3 is 14.8 Å². The van der Waals surface area contributed by atoms with E-state index in [1.807, 2.05) is 0 Å². The average Bonchev–Trinajstić information content (AvgIpc) is 2.42. The summed E-state index contributed by atoms with van der Waals surface area (Å²) >= 11 is 5.74. The maximum absolute atomic E-state index is 5.74. The van der Waals surface area contributed by atoms with Gasteiger partial charge in [0.15, 0.2) is 0 Å². The molecule has 0 bridgehead atoms. The number of nitrogens with one attached hydrogen (secondary N) is 1. The molecule has 0 aliphatic heterocycles. The van der Waals surface area contributed by atoms with Crippen LogP contribution in [0.4, 0.5) is 5.95 Å². The number of anilines is 1. The number of ether oxygens (including phenoxy) is 2. The third-order valence-electron chi connectivity index (χ3n) is 2.38. The summed E-state index contributed by atoms with van der Waals surface area (Å²) in [5.41, 5.74) is 0. The van der Waals surface area contributed by atoms with Crippen LogP contribution in [0.5, 0.6) is 12.0 Å². The minimum atomic E-state index is 0.235. The fourth-order valence-corrected chi connectivity index (χ4v) is 1.48. The molecule has 1 aromatic rings. The molecule has 1 heterocycles. The Labute approximate surface area is 112 Å². The molecule has 0 amide bonds. The van der Waals surface area contributed by atoms with Crippen LogP contribution in [0.1, 0.15) is 19.8 Å². The second-order valence-corrected chi connectivity index (χ2v) is 4.27. The molecule has 1 aromatic heterocycles. The van der Waals surface area contributed by atoms with Gasteiger partial charge >= 0.3 is 12.0 Å². The van der Waals surface area contributed by atoms with Crippen LogP contribution < -0.4 is 14.8 Å². The lowest BCUT2D eigenvalue weighted by molar-refractivity contribution is 0.341. The highest BCUT2D eigenvalue weighted by molar-refractivity contribution is 6.18. The zero-order valence-electron chi connectivity index (χ0n) is 10.9. The van der Waals surface area contributed by atoms with Crippen molar-refractivity contribution < 1.29 is 9.47 Å². The first-order valence-corrected chi connectivity index (χ1v) is 6.37. The van der Waals surface area contributed by atoms with Gasteiger partial charge in [-0.3, -0.25) is 0 Å². The molecule has 0 saturated carbocycles. The van der Waals surface area contributed by atoms with Gasteiger partial charge in [-0.15, -0.1) is 16.6 Å². The van der Waals surface area contributed by atoms with Gasteiger partial charge in [0, 0.05) is 12.4 Å². The summed E-state index contributed by atoms with van der Waals surface area (Å²) in [4.78, 5) is 12.1. The molecule has 0 fully saturated rings. The lowest BCUT2D eigenvalue weighted by Gasteiger charge is -2.09. The molecule has 0 aromatic carbocycles. The largest absolute Gasteiger partial charge is 0.467 e. The van der Waals surface area contributed by atoms with Crippen LogP contribution in [0, 0.1) is 5.92 Å². The third kappa shape index (κ3) is 4.91. The van der Waals surface area contributed by atoms with Crippen molar-refractivity contribution in [2.75, 3.05) is 32.0 Å². The zero-order chi connectivity index (χ0) is 13.4. The Hall–Kier alpha value is -1.30. The Morgan fingerprint density at radius 3 is 2.28 bits per heavy atom.